The number of hydrogen-bond donors (Lipinski definition) is 2. The maximum Gasteiger partial charge on any atom is 0.306 e. The van der Waals surface area contributed by atoms with E-state index in [-0.39, 0.29) is 28.7 Å². The lowest BCUT2D eigenvalue weighted by Crippen LogP contribution is -2.63. The molecule has 26 heavy (non-hydrogen) atoms. The monoisotopic (exact) mass is 358 g/mol. The van der Waals surface area contributed by atoms with E-state index in [2.05, 4.69) is 37.9 Å². The van der Waals surface area contributed by atoms with Gasteiger partial charge in [-0.2, -0.15) is 0 Å². The standard InChI is InChI=1S/C21H30N2O3/c1-20(2)13-21(3,4)19(20)22-17(24)14-5-7-16(8-6-14)23-11-9-15(10-12-23)18(25)26/h5-8,15,19H,9-13H2,1-4H3,(H,22,24)(H,25,26). The fourth-order valence-electron chi connectivity index (χ4n) is 5.12. The summed E-state index contributed by atoms with van der Waals surface area (Å²) in [6, 6.07) is 7.84. The summed E-state index contributed by atoms with van der Waals surface area (Å²) in [5.74, 6) is -0.948. The van der Waals surface area contributed by atoms with Gasteiger partial charge in [0.15, 0.2) is 0 Å². The van der Waals surface area contributed by atoms with Crippen molar-refractivity contribution in [3.63, 3.8) is 0 Å². The summed E-state index contributed by atoms with van der Waals surface area (Å²) < 4.78 is 0. The first-order valence-electron chi connectivity index (χ1n) is 9.49. The number of hydrogen-bond acceptors (Lipinski definition) is 3. The Morgan fingerprint density at radius 3 is 2.04 bits per heavy atom. The van der Waals surface area contributed by atoms with Gasteiger partial charge in [-0.3, -0.25) is 9.59 Å². The first kappa shape index (κ1) is 18.7. The van der Waals surface area contributed by atoms with Crippen molar-refractivity contribution in [2.45, 2.75) is 53.0 Å². The zero-order valence-electron chi connectivity index (χ0n) is 16.2. The number of rotatable bonds is 4. The molecule has 5 heteroatoms. The van der Waals surface area contributed by atoms with Crippen molar-refractivity contribution in [3.8, 4) is 0 Å². The van der Waals surface area contributed by atoms with E-state index < -0.39 is 5.97 Å². The molecule has 142 valence electrons. The van der Waals surface area contributed by atoms with Gasteiger partial charge in [-0.1, -0.05) is 27.7 Å². The minimum Gasteiger partial charge on any atom is -0.481 e. The van der Waals surface area contributed by atoms with Crippen molar-refractivity contribution in [1.29, 1.82) is 0 Å². The van der Waals surface area contributed by atoms with Gasteiger partial charge in [-0.05, 0) is 54.4 Å². The molecule has 1 saturated heterocycles. The molecule has 0 spiro atoms. The van der Waals surface area contributed by atoms with Crippen molar-refractivity contribution in [1.82, 2.24) is 5.32 Å². The lowest BCUT2D eigenvalue weighted by Gasteiger charge is -2.57. The number of carboxylic acid groups (broad SMARTS) is 1. The van der Waals surface area contributed by atoms with E-state index in [1.54, 1.807) is 0 Å². The number of nitrogens with zero attached hydrogens (tertiary/aromatic N) is 1. The van der Waals surface area contributed by atoms with E-state index >= 15 is 0 Å². The third kappa shape index (κ3) is 3.57. The van der Waals surface area contributed by atoms with Crippen LogP contribution in [0.15, 0.2) is 24.3 Å². The van der Waals surface area contributed by atoms with E-state index in [0.717, 1.165) is 25.2 Å². The molecule has 2 fully saturated rings. The lowest BCUT2D eigenvalue weighted by molar-refractivity contribution is -0.142. The molecule has 0 unspecified atom stereocenters. The first-order valence-corrected chi connectivity index (χ1v) is 9.49. The number of carbonyl (C=O) groups is 2. The lowest BCUT2D eigenvalue weighted by atomic mass is 9.52. The maximum absolute atomic E-state index is 12.6. The van der Waals surface area contributed by atoms with Crippen LogP contribution in [0.2, 0.25) is 0 Å². The fraction of sp³-hybridized carbons (Fsp3) is 0.619. The summed E-state index contributed by atoms with van der Waals surface area (Å²) in [6.07, 6.45) is 2.45. The molecule has 1 aromatic carbocycles. The van der Waals surface area contributed by atoms with E-state index in [4.69, 9.17) is 5.11 Å². The van der Waals surface area contributed by atoms with E-state index in [1.165, 1.54) is 0 Å². The van der Waals surface area contributed by atoms with Crippen LogP contribution in [0.25, 0.3) is 0 Å². The molecule has 0 atom stereocenters. The van der Waals surface area contributed by atoms with Gasteiger partial charge in [0.1, 0.15) is 0 Å². The van der Waals surface area contributed by atoms with E-state index in [0.29, 0.717) is 18.4 Å². The Bertz CT molecular complexity index is 672. The highest BCUT2D eigenvalue weighted by Gasteiger charge is 2.53. The van der Waals surface area contributed by atoms with Crippen LogP contribution >= 0.6 is 0 Å². The summed E-state index contributed by atoms with van der Waals surface area (Å²) in [7, 11) is 0. The molecule has 1 amide bonds. The summed E-state index contributed by atoms with van der Waals surface area (Å²) >= 11 is 0. The van der Waals surface area contributed by atoms with E-state index in [9.17, 15) is 9.59 Å². The summed E-state index contributed by atoms with van der Waals surface area (Å²) in [5, 5.41) is 12.3. The van der Waals surface area contributed by atoms with Crippen LogP contribution in [0.1, 0.15) is 57.3 Å². The summed E-state index contributed by atoms with van der Waals surface area (Å²) in [6.45, 7) is 10.3. The van der Waals surface area contributed by atoms with Crippen molar-refractivity contribution < 1.29 is 14.7 Å². The predicted octanol–water partition coefficient (Wildman–Crippen LogP) is 3.54. The van der Waals surface area contributed by atoms with Crippen LogP contribution in [0.5, 0.6) is 0 Å². The molecular formula is C21H30N2O3. The topological polar surface area (TPSA) is 69.6 Å². The van der Waals surface area contributed by atoms with Crippen LogP contribution in [-0.2, 0) is 4.79 Å². The zero-order chi connectivity index (χ0) is 19.1. The van der Waals surface area contributed by atoms with Crippen molar-refractivity contribution in [2.24, 2.45) is 16.7 Å². The SMILES string of the molecule is CC1(C)CC(C)(C)C1NC(=O)c1ccc(N2CCC(C(=O)O)CC2)cc1. The molecule has 1 saturated carbocycles. The summed E-state index contributed by atoms with van der Waals surface area (Å²) in [5.41, 5.74) is 1.99. The molecule has 0 radical (unpaired) electrons. The number of carboxylic acids is 1. The van der Waals surface area contributed by atoms with Gasteiger partial charge in [-0.15, -0.1) is 0 Å². The average molecular weight is 358 g/mol. The second-order valence-electron chi connectivity index (χ2n) is 9.21. The largest absolute Gasteiger partial charge is 0.481 e. The highest BCUT2D eigenvalue weighted by Crippen LogP contribution is 2.53. The average Bonchev–Trinajstić information content (AvgIpc) is 2.58. The van der Waals surface area contributed by atoms with Gasteiger partial charge in [0.25, 0.3) is 5.91 Å². The Balaban J connectivity index is 1.61. The highest BCUT2D eigenvalue weighted by atomic mass is 16.4. The Kier molecular flexibility index (Phi) is 4.76. The van der Waals surface area contributed by atoms with Gasteiger partial charge < -0.3 is 15.3 Å². The van der Waals surface area contributed by atoms with Gasteiger partial charge in [-0.25, -0.2) is 0 Å². The number of amides is 1. The molecule has 0 bridgehead atoms. The number of piperidine rings is 1. The van der Waals surface area contributed by atoms with Gasteiger partial charge >= 0.3 is 5.97 Å². The zero-order valence-corrected chi connectivity index (χ0v) is 16.2. The van der Waals surface area contributed by atoms with Crippen LogP contribution in [0, 0.1) is 16.7 Å². The number of aliphatic carboxylic acids is 1. The van der Waals surface area contributed by atoms with Gasteiger partial charge in [0.2, 0.25) is 0 Å². The molecule has 1 aromatic rings. The molecule has 2 N–H and O–H groups in total. The maximum atomic E-state index is 12.6. The third-order valence-corrected chi connectivity index (χ3v) is 6.09. The number of nitrogens with one attached hydrogen (secondary N) is 1. The molecule has 2 aliphatic rings. The van der Waals surface area contributed by atoms with Crippen LogP contribution in [0.4, 0.5) is 5.69 Å². The third-order valence-electron chi connectivity index (χ3n) is 6.09. The second kappa shape index (κ2) is 6.60. The van der Waals surface area contributed by atoms with Crippen molar-refractivity contribution in [3.05, 3.63) is 29.8 Å². The molecule has 3 rings (SSSR count). The predicted molar refractivity (Wildman–Crippen MR) is 102 cm³/mol. The Hall–Kier alpha value is -2.04. The Morgan fingerprint density at radius 1 is 1.04 bits per heavy atom. The molecule has 0 aromatic heterocycles. The summed E-state index contributed by atoms with van der Waals surface area (Å²) in [4.78, 5) is 25.9. The molecule has 5 nitrogen and oxygen atoms in total. The Labute approximate surface area is 155 Å². The van der Waals surface area contributed by atoms with Gasteiger partial charge in [0, 0.05) is 30.4 Å². The minimum atomic E-state index is -0.696. The fourth-order valence-corrected chi connectivity index (χ4v) is 5.12. The van der Waals surface area contributed by atoms with Gasteiger partial charge in [0.05, 0.1) is 5.92 Å². The molecule has 1 heterocycles. The minimum absolute atomic E-state index is 0.0213. The van der Waals surface area contributed by atoms with Crippen LogP contribution in [-0.4, -0.2) is 36.1 Å². The second-order valence-corrected chi connectivity index (χ2v) is 9.21. The van der Waals surface area contributed by atoms with Crippen molar-refractivity contribution in [2.75, 3.05) is 18.0 Å². The Morgan fingerprint density at radius 2 is 1.58 bits per heavy atom. The quantitative estimate of drug-likeness (QED) is 0.864. The number of anilines is 1. The van der Waals surface area contributed by atoms with Crippen LogP contribution in [0.3, 0.4) is 0 Å². The number of carbonyl (C=O) groups excluding carboxylic acids is 1. The van der Waals surface area contributed by atoms with Crippen LogP contribution < -0.4 is 10.2 Å². The molecule has 1 aliphatic carbocycles. The normalized spacial score (nSPS) is 22.5. The number of benzene rings is 1. The highest BCUT2D eigenvalue weighted by molar-refractivity contribution is 5.95. The first-order chi connectivity index (χ1) is 12.1. The molecule has 1 aliphatic heterocycles. The molecular weight excluding hydrogens is 328 g/mol. The van der Waals surface area contributed by atoms with Crippen molar-refractivity contribution >= 4 is 17.6 Å². The smallest absolute Gasteiger partial charge is 0.306 e. The van der Waals surface area contributed by atoms with E-state index in [1.807, 2.05) is 24.3 Å².